The van der Waals surface area contributed by atoms with E-state index in [0.29, 0.717) is 0 Å². The number of ether oxygens (including phenoxy) is 1. The van der Waals surface area contributed by atoms with Crippen LogP contribution >= 0.6 is 0 Å². The topological polar surface area (TPSA) is 9.23 Å². The van der Waals surface area contributed by atoms with Crippen LogP contribution in [0.4, 0.5) is 0 Å². The number of hydrogen-bond acceptors (Lipinski definition) is 1. The van der Waals surface area contributed by atoms with Gasteiger partial charge in [-0.2, -0.15) is 0 Å². The molecule has 1 nitrogen and oxygen atoms in total. The SMILES string of the molecule is C=CCCc1ccc(C#Cc2ccc(OCCCCCCC)cc2)cc1. The Labute approximate surface area is 159 Å². The Kier molecular flexibility index (Phi) is 9.15. The molecule has 2 aromatic carbocycles. The van der Waals surface area contributed by atoms with Crippen molar-refractivity contribution < 1.29 is 4.74 Å². The summed E-state index contributed by atoms with van der Waals surface area (Å²) in [5, 5.41) is 0. The van der Waals surface area contributed by atoms with E-state index in [1.807, 2.05) is 30.3 Å². The minimum atomic E-state index is 0.799. The summed E-state index contributed by atoms with van der Waals surface area (Å²) >= 11 is 0. The fourth-order valence-corrected chi connectivity index (χ4v) is 2.70. The molecule has 0 bridgehead atoms. The van der Waals surface area contributed by atoms with E-state index in [4.69, 9.17) is 4.74 Å². The largest absolute Gasteiger partial charge is 0.494 e. The highest BCUT2D eigenvalue weighted by atomic mass is 16.5. The summed E-state index contributed by atoms with van der Waals surface area (Å²) in [6.07, 6.45) is 10.3. The Morgan fingerprint density at radius 3 is 2.08 bits per heavy atom. The van der Waals surface area contributed by atoms with Crippen LogP contribution in [0.25, 0.3) is 0 Å². The minimum Gasteiger partial charge on any atom is -0.494 e. The van der Waals surface area contributed by atoms with Crippen LogP contribution in [-0.4, -0.2) is 6.61 Å². The molecule has 0 spiro atoms. The lowest BCUT2D eigenvalue weighted by Gasteiger charge is -2.05. The first-order chi connectivity index (χ1) is 12.8. The molecule has 0 aromatic heterocycles. The van der Waals surface area contributed by atoms with Gasteiger partial charge in [-0.1, -0.05) is 62.7 Å². The normalized spacial score (nSPS) is 10.0. The second-order valence-corrected chi connectivity index (χ2v) is 6.56. The van der Waals surface area contributed by atoms with Crippen LogP contribution in [0.2, 0.25) is 0 Å². The molecular weight excluding hydrogens is 316 g/mol. The maximum Gasteiger partial charge on any atom is 0.119 e. The van der Waals surface area contributed by atoms with Crippen LogP contribution in [0.1, 0.15) is 62.1 Å². The zero-order valence-electron chi connectivity index (χ0n) is 16.0. The Balaban J connectivity index is 1.80. The number of rotatable bonds is 10. The summed E-state index contributed by atoms with van der Waals surface area (Å²) in [7, 11) is 0. The molecule has 0 aliphatic heterocycles. The molecule has 0 amide bonds. The van der Waals surface area contributed by atoms with Crippen LogP contribution in [0.3, 0.4) is 0 Å². The van der Waals surface area contributed by atoms with Crippen molar-refractivity contribution in [2.75, 3.05) is 6.61 Å². The average Bonchev–Trinajstić information content (AvgIpc) is 2.69. The van der Waals surface area contributed by atoms with E-state index in [1.165, 1.54) is 31.2 Å². The Morgan fingerprint density at radius 1 is 0.846 bits per heavy atom. The number of benzene rings is 2. The van der Waals surface area contributed by atoms with Gasteiger partial charge in [0.15, 0.2) is 0 Å². The zero-order chi connectivity index (χ0) is 18.5. The standard InChI is InChI=1S/C25H30O/c1-3-5-7-8-9-21-26-25-19-17-24(18-20-25)16-15-23-13-11-22(12-14-23)10-6-4-2/h4,11-14,17-20H,2-3,5-10,21H2,1H3. The van der Waals surface area contributed by atoms with Crippen LogP contribution in [0.15, 0.2) is 61.2 Å². The molecule has 1 heteroatoms. The number of aryl methyl sites for hydroxylation is 1. The maximum absolute atomic E-state index is 5.79. The van der Waals surface area contributed by atoms with Gasteiger partial charge >= 0.3 is 0 Å². The number of allylic oxidation sites excluding steroid dienone is 1. The third kappa shape index (κ3) is 7.62. The minimum absolute atomic E-state index is 0.799. The van der Waals surface area contributed by atoms with E-state index in [0.717, 1.165) is 42.7 Å². The maximum atomic E-state index is 5.79. The van der Waals surface area contributed by atoms with Gasteiger partial charge in [0.25, 0.3) is 0 Å². The van der Waals surface area contributed by atoms with Gasteiger partial charge in [0.2, 0.25) is 0 Å². The lowest BCUT2D eigenvalue weighted by molar-refractivity contribution is 0.304. The van der Waals surface area contributed by atoms with Crippen molar-refractivity contribution in [2.45, 2.75) is 51.9 Å². The van der Waals surface area contributed by atoms with Gasteiger partial charge in [0, 0.05) is 11.1 Å². The molecule has 0 N–H and O–H groups in total. The smallest absolute Gasteiger partial charge is 0.119 e. The Bertz CT molecular complexity index is 699. The fourth-order valence-electron chi connectivity index (χ4n) is 2.70. The van der Waals surface area contributed by atoms with Crippen molar-refractivity contribution in [2.24, 2.45) is 0 Å². The molecule has 0 aliphatic carbocycles. The van der Waals surface area contributed by atoms with E-state index >= 15 is 0 Å². The zero-order valence-corrected chi connectivity index (χ0v) is 16.0. The summed E-state index contributed by atoms with van der Waals surface area (Å²) < 4.78 is 5.79. The van der Waals surface area contributed by atoms with Gasteiger partial charge in [-0.25, -0.2) is 0 Å². The second-order valence-electron chi connectivity index (χ2n) is 6.56. The highest BCUT2D eigenvalue weighted by Gasteiger charge is 1.95. The molecule has 0 atom stereocenters. The fraction of sp³-hybridized carbons (Fsp3) is 0.360. The number of hydrogen-bond donors (Lipinski definition) is 0. The summed E-state index contributed by atoms with van der Waals surface area (Å²) in [4.78, 5) is 0. The quantitative estimate of drug-likeness (QED) is 0.269. The predicted molar refractivity (Wildman–Crippen MR) is 112 cm³/mol. The first-order valence-electron chi connectivity index (χ1n) is 9.76. The predicted octanol–water partition coefficient (Wildman–Crippen LogP) is 6.55. The van der Waals surface area contributed by atoms with Crippen LogP contribution in [0.5, 0.6) is 5.75 Å². The molecule has 0 saturated carbocycles. The highest BCUT2D eigenvalue weighted by molar-refractivity contribution is 5.44. The van der Waals surface area contributed by atoms with Gasteiger partial charge < -0.3 is 4.74 Å². The molecule has 0 radical (unpaired) electrons. The van der Waals surface area contributed by atoms with Gasteiger partial charge in [-0.05, 0) is 61.2 Å². The van der Waals surface area contributed by atoms with Crippen LogP contribution in [0, 0.1) is 11.8 Å². The third-order valence-electron chi connectivity index (χ3n) is 4.31. The van der Waals surface area contributed by atoms with Gasteiger partial charge in [0.05, 0.1) is 6.61 Å². The van der Waals surface area contributed by atoms with Gasteiger partial charge in [0.1, 0.15) is 5.75 Å². The lowest BCUT2D eigenvalue weighted by Crippen LogP contribution is -1.97. The third-order valence-corrected chi connectivity index (χ3v) is 4.31. The molecule has 26 heavy (non-hydrogen) atoms. The Morgan fingerprint density at radius 2 is 1.46 bits per heavy atom. The molecular formula is C25H30O. The first kappa shape index (κ1) is 19.9. The summed E-state index contributed by atoms with van der Waals surface area (Å²) in [6.45, 7) is 6.80. The van der Waals surface area contributed by atoms with E-state index in [1.54, 1.807) is 0 Å². The van der Waals surface area contributed by atoms with Crippen molar-refractivity contribution >= 4 is 0 Å². The van der Waals surface area contributed by atoms with Crippen LogP contribution < -0.4 is 4.74 Å². The molecule has 0 fully saturated rings. The van der Waals surface area contributed by atoms with Crippen LogP contribution in [-0.2, 0) is 6.42 Å². The van der Waals surface area contributed by atoms with Gasteiger partial charge in [-0.3, -0.25) is 0 Å². The summed E-state index contributed by atoms with van der Waals surface area (Å²) in [5.74, 6) is 7.37. The molecule has 0 heterocycles. The first-order valence-corrected chi connectivity index (χ1v) is 9.76. The number of unbranched alkanes of at least 4 members (excludes halogenated alkanes) is 4. The second kappa shape index (κ2) is 12.0. The highest BCUT2D eigenvalue weighted by Crippen LogP contribution is 2.13. The molecule has 0 aliphatic rings. The van der Waals surface area contributed by atoms with Crippen molar-refractivity contribution in [3.8, 4) is 17.6 Å². The van der Waals surface area contributed by atoms with Gasteiger partial charge in [-0.15, -0.1) is 6.58 Å². The van der Waals surface area contributed by atoms with Crippen molar-refractivity contribution in [3.05, 3.63) is 77.9 Å². The molecule has 136 valence electrons. The lowest BCUT2D eigenvalue weighted by atomic mass is 10.1. The Hall–Kier alpha value is -2.46. The van der Waals surface area contributed by atoms with Crippen molar-refractivity contribution in [1.29, 1.82) is 0 Å². The van der Waals surface area contributed by atoms with E-state index in [-0.39, 0.29) is 0 Å². The van der Waals surface area contributed by atoms with Crippen molar-refractivity contribution in [1.82, 2.24) is 0 Å². The van der Waals surface area contributed by atoms with E-state index < -0.39 is 0 Å². The van der Waals surface area contributed by atoms with Crippen molar-refractivity contribution in [3.63, 3.8) is 0 Å². The molecule has 2 aromatic rings. The molecule has 0 saturated heterocycles. The average molecular weight is 347 g/mol. The summed E-state index contributed by atoms with van der Waals surface area (Å²) in [5.41, 5.74) is 3.38. The molecule has 0 unspecified atom stereocenters. The summed E-state index contributed by atoms with van der Waals surface area (Å²) in [6, 6.07) is 16.5. The van der Waals surface area contributed by atoms with E-state index in [2.05, 4.69) is 49.6 Å². The van der Waals surface area contributed by atoms with E-state index in [9.17, 15) is 0 Å². The monoisotopic (exact) mass is 346 g/mol. The molecule has 2 rings (SSSR count).